The number of carbonyl (C=O) groups is 1. The monoisotopic (exact) mass is 345 g/mol. The quantitative estimate of drug-likeness (QED) is 0.404. The molecule has 0 saturated carbocycles. The van der Waals surface area contributed by atoms with Gasteiger partial charge in [0.15, 0.2) is 0 Å². The lowest BCUT2D eigenvalue weighted by molar-refractivity contribution is 0.0603. The van der Waals surface area contributed by atoms with Crippen LogP contribution in [0.3, 0.4) is 0 Å². The first kappa shape index (κ1) is 16.0. The highest BCUT2D eigenvalue weighted by atomic mass is 16.5. The zero-order chi connectivity index (χ0) is 18.3. The van der Waals surface area contributed by atoms with E-state index in [2.05, 4.69) is 4.98 Å². The SMILES string of the molecule is COC(=O)c1c(-c2ccccc2)c2ccncc2c2cc(C)oc(=O)c12. The third-order valence-electron chi connectivity index (χ3n) is 4.41. The number of hydrogen-bond donors (Lipinski definition) is 0. The Morgan fingerprint density at radius 3 is 2.58 bits per heavy atom. The number of esters is 1. The molecule has 4 rings (SSSR count). The number of benzene rings is 2. The molecule has 0 atom stereocenters. The lowest BCUT2D eigenvalue weighted by atomic mass is 9.89. The minimum atomic E-state index is -0.580. The Balaban J connectivity index is 2.35. The summed E-state index contributed by atoms with van der Waals surface area (Å²) in [6.07, 6.45) is 3.37. The molecule has 2 aromatic carbocycles. The average Bonchev–Trinajstić information content (AvgIpc) is 2.67. The summed E-state index contributed by atoms with van der Waals surface area (Å²) in [5.74, 6) is -0.111. The summed E-state index contributed by atoms with van der Waals surface area (Å²) >= 11 is 0. The number of ether oxygens (including phenoxy) is 1. The number of rotatable bonds is 2. The Bertz CT molecular complexity index is 1210. The van der Waals surface area contributed by atoms with Gasteiger partial charge in [-0.25, -0.2) is 9.59 Å². The maximum absolute atomic E-state index is 12.7. The molecule has 0 aliphatic rings. The summed E-state index contributed by atoms with van der Waals surface area (Å²) in [5.41, 5.74) is 1.09. The summed E-state index contributed by atoms with van der Waals surface area (Å²) in [6.45, 7) is 1.70. The van der Waals surface area contributed by atoms with Crippen LogP contribution in [0.4, 0.5) is 0 Å². The number of pyridine rings is 1. The minimum absolute atomic E-state index is 0.209. The molecule has 2 aromatic heterocycles. The van der Waals surface area contributed by atoms with Gasteiger partial charge in [0.05, 0.1) is 18.1 Å². The number of aryl methyl sites for hydroxylation is 1. The predicted octanol–water partition coefficient (Wildman–Crippen LogP) is 4.10. The van der Waals surface area contributed by atoms with E-state index in [0.717, 1.165) is 16.3 Å². The van der Waals surface area contributed by atoms with Crippen molar-refractivity contribution in [3.63, 3.8) is 0 Å². The van der Waals surface area contributed by atoms with Crippen molar-refractivity contribution in [3.8, 4) is 11.1 Å². The first-order chi connectivity index (χ1) is 12.6. The van der Waals surface area contributed by atoms with Crippen LogP contribution in [0, 0.1) is 6.92 Å². The lowest BCUT2D eigenvalue weighted by Crippen LogP contribution is -2.12. The molecule has 0 amide bonds. The van der Waals surface area contributed by atoms with E-state index < -0.39 is 11.6 Å². The van der Waals surface area contributed by atoms with E-state index in [1.807, 2.05) is 36.4 Å². The molecule has 0 saturated heterocycles. The van der Waals surface area contributed by atoms with E-state index in [1.54, 1.807) is 25.4 Å². The van der Waals surface area contributed by atoms with Crippen molar-refractivity contribution in [3.05, 3.63) is 76.6 Å². The van der Waals surface area contributed by atoms with Crippen LogP contribution in [0.25, 0.3) is 32.7 Å². The van der Waals surface area contributed by atoms with Crippen molar-refractivity contribution in [1.29, 1.82) is 0 Å². The van der Waals surface area contributed by atoms with Gasteiger partial charge in [0.25, 0.3) is 0 Å². The van der Waals surface area contributed by atoms with Crippen LogP contribution >= 0.6 is 0 Å². The van der Waals surface area contributed by atoms with Gasteiger partial charge >= 0.3 is 11.6 Å². The number of hydrogen-bond acceptors (Lipinski definition) is 5. The number of aromatic nitrogens is 1. The van der Waals surface area contributed by atoms with Gasteiger partial charge in [-0.1, -0.05) is 30.3 Å². The first-order valence-electron chi connectivity index (χ1n) is 8.09. The Kier molecular flexibility index (Phi) is 3.77. The molecule has 4 aromatic rings. The van der Waals surface area contributed by atoms with Crippen LogP contribution in [0.5, 0.6) is 0 Å². The molecule has 0 bridgehead atoms. The van der Waals surface area contributed by atoms with Crippen molar-refractivity contribution in [2.45, 2.75) is 6.92 Å². The second-order valence-corrected chi connectivity index (χ2v) is 5.96. The van der Waals surface area contributed by atoms with E-state index in [9.17, 15) is 9.59 Å². The minimum Gasteiger partial charge on any atom is -0.465 e. The van der Waals surface area contributed by atoms with E-state index in [-0.39, 0.29) is 10.9 Å². The fraction of sp³-hybridized carbons (Fsp3) is 0.0952. The third kappa shape index (κ3) is 2.37. The maximum atomic E-state index is 12.7. The van der Waals surface area contributed by atoms with Gasteiger partial charge in [0, 0.05) is 28.7 Å². The third-order valence-corrected chi connectivity index (χ3v) is 4.41. The smallest absolute Gasteiger partial charge is 0.344 e. The molecule has 128 valence electrons. The van der Waals surface area contributed by atoms with Crippen LogP contribution in [0.1, 0.15) is 16.1 Å². The van der Waals surface area contributed by atoms with Gasteiger partial charge in [-0.05, 0) is 30.0 Å². The zero-order valence-electron chi connectivity index (χ0n) is 14.3. The molecule has 0 N–H and O–H groups in total. The largest absolute Gasteiger partial charge is 0.465 e. The molecule has 0 radical (unpaired) electrons. The van der Waals surface area contributed by atoms with Crippen molar-refractivity contribution in [1.82, 2.24) is 4.98 Å². The van der Waals surface area contributed by atoms with Crippen molar-refractivity contribution in [2.24, 2.45) is 0 Å². The fourth-order valence-electron chi connectivity index (χ4n) is 3.36. The Hall–Kier alpha value is -3.47. The van der Waals surface area contributed by atoms with Crippen LogP contribution in [-0.2, 0) is 4.74 Å². The van der Waals surface area contributed by atoms with Gasteiger partial charge < -0.3 is 9.15 Å². The molecule has 0 aliphatic heterocycles. The molecule has 0 fully saturated rings. The predicted molar refractivity (Wildman–Crippen MR) is 99.3 cm³/mol. The summed E-state index contributed by atoms with van der Waals surface area (Å²) in [5, 5.41) is 2.44. The molecular formula is C21H15NO4. The maximum Gasteiger partial charge on any atom is 0.344 e. The van der Waals surface area contributed by atoms with Gasteiger partial charge in [-0.15, -0.1) is 0 Å². The van der Waals surface area contributed by atoms with Crippen molar-refractivity contribution in [2.75, 3.05) is 7.11 Å². The number of methoxy groups -OCH3 is 1. The van der Waals surface area contributed by atoms with E-state index in [0.29, 0.717) is 16.7 Å². The molecule has 0 aliphatic carbocycles. The van der Waals surface area contributed by atoms with Crippen LogP contribution in [0.15, 0.2) is 64.1 Å². The van der Waals surface area contributed by atoms with Gasteiger partial charge in [0.2, 0.25) is 0 Å². The number of fused-ring (bicyclic) bond motifs is 3. The average molecular weight is 345 g/mol. The van der Waals surface area contributed by atoms with E-state index in [1.165, 1.54) is 7.11 Å². The standard InChI is InChI=1S/C21H15NO4/c1-12-10-15-16-11-22-9-8-14(16)17(13-6-4-3-5-7-13)19(20(23)25-2)18(15)21(24)26-12/h3-11H,1-2H3. The highest BCUT2D eigenvalue weighted by Crippen LogP contribution is 2.38. The first-order valence-corrected chi connectivity index (χ1v) is 8.09. The molecule has 0 unspecified atom stereocenters. The summed E-state index contributed by atoms with van der Waals surface area (Å²) in [6, 6.07) is 13.0. The second kappa shape index (κ2) is 6.11. The Labute approximate surface area is 148 Å². The van der Waals surface area contributed by atoms with E-state index in [4.69, 9.17) is 9.15 Å². The second-order valence-electron chi connectivity index (χ2n) is 5.96. The molecule has 26 heavy (non-hydrogen) atoms. The van der Waals surface area contributed by atoms with Gasteiger partial charge in [-0.3, -0.25) is 4.98 Å². The number of carbonyl (C=O) groups excluding carboxylic acids is 1. The highest BCUT2D eigenvalue weighted by Gasteiger charge is 2.24. The zero-order valence-corrected chi connectivity index (χ0v) is 14.3. The summed E-state index contributed by atoms with van der Waals surface area (Å²) in [4.78, 5) is 29.6. The van der Waals surface area contributed by atoms with Crippen LogP contribution in [0.2, 0.25) is 0 Å². The summed E-state index contributed by atoms with van der Waals surface area (Å²) in [7, 11) is 1.30. The molecule has 0 spiro atoms. The van der Waals surface area contributed by atoms with Gasteiger partial charge in [0.1, 0.15) is 5.76 Å². The highest BCUT2D eigenvalue weighted by molar-refractivity contribution is 6.22. The molecule has 5 nitrogen and oxygen atoms in total. The Morgan fingerprint density at radius 2 is 1.85 bits per heavy atom. The topological polar surface area (TPSA) is 69.4 Å². The van der Waals surface area contributed by atoms with Crippen molar-refractivity contribution < 1.29 is 13.9 Å². The van der Waals surface area contributed by atoms with Crippen LogP contribution in [-0.4, -0.2) is 18.1 Å². The fourth-order valence-corrected chi connectivity index (χ4v) is 3.36. The summed E-state index contributed by atoms with van der Waals surface area (Å²) < 4.78 is 10.3. The normalized spacial score (nSPS) is 11.0. The Morgan fingerprint density at radius 1 is 1.08 bits per heavy atom. The molecular weight excluding hydrogens is 330 g/mol. The lowest BCUT2D eigenvalue weighted by Gasteiger charge is -2.15. The van der Waals surface area contributed by atoms with Crippen LogP contribution < -0.4 is 5.63 Å². The van der Waals surface area contributed by atoms with Gasteiger partial charge in [-0.2, -0.15) is 0 Å². The molecule has 5 heteroatoms. The van der Waals surface area contributed by atoms with Crippen molar-refractivity contribution >= 4 is 27.5 Å². The van der Waals surface area contributed by atoms with E-state index >= 15 is 0 Å². The molecule has 2 heterocycles. The number of nitrogens with zero attached hydrogens (tertiary/aromatic N) is 1.